The number of para-hydroxylation sites is 1. The molecule has 23 heavy (non-hydrogen) atoms. The summed E-state index contributed by atoms with van der Waals surface area (Å²) >= 11 is 0. The molecule has 1 atom stereocenters. The number of nitrogens with zero attached hydrogens (tertiary/aromatic N) is 4. The summed E-state index contributed by atoms with van der Waals surface area (Å²) in [5.74, 6) is 1.09. The first-order chi connectivity index (χ1) is 11.3. The van der Waals surface area contributed by atoms with E-state index in [2.05, 4.69) is 56.8 Å². The Bertz CT molecular complexity index is 598. The van der Waals surface area contributed by atoms with Crippen LogP contribution in [-0.4, -0.2) is 40.9 Å². The standard InChI is InChI=1S/C18H26N4O/c1-16-7-6-11-21(17-8-4-3-5-9-17)22(16)15-18-19-10-12-20(18)13-14-23-2/h3-5,8-10,12,16H,6-7,11,13-15H2,1-2H3. The number of hydrogen-bond acceptors (Lipinski definition) is 4. The molecule has 5 heteroatoms. The second kappa shape index (κ2) is 7.62. The minimum atomic E-state index is 0.511. The van der Waals surface area contributed by atoms with Gasteiger partial charge in [-0.05, 0) is 31.9 Å². The van der Waals surface area contributed by atoms with E-state index in [4.69, 9.17) is 4.74 Å². The summed E-state index contributed by atoms with van der Waals surface area (Å²) in [5, 5.41) is 4.86. The van der Waals surface area contributed by atoms with E-state index < -0.39 is 0 Å². The van der Waals surface area contributed by atoms with Crippen LogP contribution < -0.4 is 5.01 Å². The van der Waals surface area contributed by atoms with Gasteiger partial charge in [-0.15, -0.1) is 0 Å². The topological polar surface area (TPSA) is 33.5 Å². The fraction of sp³-hybridized carbons (Fsp3) is 0.500. The Morgan fingerprint density at radius 2 is 2.09 bits per heavy atom. The third-order valence-electron chi connectivity index (χ3n) is 4.51. The summed E-state index contributed by atoms with van der Waals surface area (Å²) in [6, 6.07) is 11.2. The highest BCUT2D eigenvalue weighted by Gasteiger charge is 2.27. The van der Waals surface area contributed by atoms with Crippen molar-refractivity contribution in [3.8, 4) is 0 Å². The van der Waals surface area contributed by atoms with Crippen LogP contribution in [0.2, 0.25) is 0 Å². The van der Waals surface area contributed by atoms with E-state index in [1.165, 1.54) is 18.5 Å². The van der Waals surface area contributed by atoms with Crippen molar-refractivity contribution in [1.82, 2.24) is 14.6 Å². The van der Waals surface area contributed by atoms with Gasteiger partial charge >= 0.3 is 0 Å². The molecule has 0 aliphatic carbocycles. The first-order valence-electron chi connectivity index (χ1n) is 8.37. The van der Waals surface area contributed by atoms with Crippen LogP contribution in [0, 0.1) is 0 Å². The summed E-state index contributed by atoms with van der Waals surface area (Å²) in [6.07, 6.45) is 6.37. The molecule has 1 fully saturated rings. The fourth-order valence-electron chi connectivity index (χ4n) is 3.20. The second-order valence-corrected chi connectivity index (χ2v) is 6.08. The predicted molar refractivity (Wildman–Crippen MR) is 92.1 cm³/mol. The normalized spacial score (nSPS) is 19.2. The molecule has 0 spiro atoms. The van der Waals surface area contributed by atoms with Gasteiger partial charge in [0.25, 0.3) is 0 Å². The molecule has 0 radical (unpaired) electrons. The van der Waals surface area contributed by atoms with E-state index in [1.807, 2.05) is 12.4 Å². The molecule has 1 unspecified atom stereocenters. The number of ether oxygens (including phenoxy) is 1. The molecule has 0 N–H and O–H groups in total. The molecule has 124 valence electrons. The number of rotatable bonds is 6. The van der Waals surface area contributed by atoms with Gasteiger partial charge in [0, 0.05) is 38.6 Å². The molecule has 1 aromatic carbocycles. The third kappa shape index (κ3) is 3.74. The Balaban J connectivity index is 1.79. The maximum atomic E-state index is 5.20. The van der Waals surface area contributed by atoms with E-state index in [1.54, 1.807) is 7.11 Å². The highest BCUT2D eigenvalue weighted by Crippen LogP contribution is 2.26. The van der Waals surface area contributed by atoms with Crippen LogP contribution in [0.15, 0.2) is 42.7 Å². The van der Waals surface area contributed by atoms with Crippen molar-refractivity contribution in [3.63, 3.8) is 0 Å². The molecule has 3 rings (SSSR count). The lowest BCUT2D eigenvalue weighted by atomic mass is 10.1. The van der Waals surface area contributed by atoms with Gasteiger partial charge in [0.2, 0.25) is 0 Å². The van der Waals surface area contributed by atoms with Crippen molar-refractivity contribution < 1.29 is 4.74 Å². The van der Waals surface area contributed by atoms with Gasteiger partial charge in [-0.1, -0.05) is 18.2 Å². The lowest BCUT2D eigenvalue weighted by molar-refractivity contribution is 0.131. The highest BCUT2D eigenvalue weighted by molar-refractivity contribution is 5.45. The van der Waals surface area contributed by atoms with Gasteiger partial charge in [0.05, 0.1) is 18.8 Å². The van der Waals surface area contributed by atoms with Gasteiger partial charge < -0.3 is 14.3 Å². The molecule has 2 heterocycles. The van der Waals surface area contributed by atoms with Crippen molar-refractivity contribution in [2.24, 2.45) is 0 Å². The number of imidazole rings is 1. The molecule has 1 aromatic heterocycles. The van der Waals surface area contributed by atoms with Crippen LogP contribution in [0.5, 0.6) is 0 Å². The van der Waals surface area contributed by atoms with Crippen LogP contribution in [0.4, 0.5) is 5.69 Å². The molecule has 5 nitrogen and oxygen atoms in total. The highest BCUT2D eigenvalue weighted by atomic mass is 16.5. The number of methoxy groups -OCH3 is 1. The van der Waals surface area contributed by atoms with E-state index in [0.29, 0.717) is 12.6 Å². The minimum Gasteiger partial charge on any atom is -0.383 e. The minimum absolute atomic E-state index is 0.511. The molecular weight excluding hydrogens is 288 g/mol. The van der Waals surface area contributed by atoms with Crippen LogP contribution in [0.25, 0.3) is 0 Å². The van der Waals surface area contributed by atoms with Crippen LogP contribution in [-0.2, 0) is 17.8 Å². The van der Waals surface area contributed by atoms with E-state index >= 15 is 0 Å². The van der Waals surface area contributed by atoms with E-state index in [9.17, 15) is 0 Å². The van der Waals surface area contributed by atoms with Crippen LogP contribution >= 0.6 is 0 Å². The largest absolute Gasteiger partial charge is 0.383 e. The lowest BCUT2D eigenvalue weighted by Gasteiger charge is -2.44. The molecule has 1 aliphatic heterocycles. The quantitative estimate of drug-likeness (QED) is 0.821. The average molecular weight is 314 g/mol. The molecule has 1 aliphatic rings. The number of aromatic nitrogens is 2. The summed E-state index contributed by atoms with van der Waals surface area (Å²) in [5.41, 5.74) is 1.26. The van der Waals surface area contributed by atoms with Crippen molar-refractivity contribution in [2.75, 3.05) is 25.3 Å². The zero-order valence-corrected chi connectivity index (χ0v) is 14.1. The van der Waals surface area contributed by atoms with Crippen molar-refractivity contribution >= 4 is 5.69 Å². The van der Waals surface area contributed by atoms with Crippen molar-refractivity contribution in [3.05, 3.63) is 48.5 Å². The molecule has 0 amide bonds. The Kier molecular flexibility index (Phi) is 5.31. The Morgan fingerprint density at radius 1 is 1.26 bits per heavy atom. The number of anilines is 1. The summed E-state index contributed by atoms with van der Waals surface area (Å²) in [7, 11) is 1.74. The Morgan fingerprint density at radius 3 is 2.87 bits per heavy atom. The molecular formula is C18H26N4O. The van der Waals surface area contributed by atoms with Gasteiger partial charge in [0.15, 0.2) is 0 Å². The maximum Gasteiger partial charge on any atom is 0.124 e. The van der Waals surface area contributed by atoms with Crippen LogP contribution in [0.3, 0.4) is 0 Å². The van der Waals surface area contributed by atoms with Gasteiger partial charge in [-0.2, -0.15) is 0 Å². The predicted octanol–water partition coefficient (Wildman–Crippen LogP) is 2.94. The first-order valence-corrected chi connectivity index (χ1v) is 8.37. The zero-order valence-electron chi connectivity index (χ0n) is 14.1. The maximum absolute atomic E-state index is 5.20. The average Bonchev–Trinajstić information content (AvgIpc) is 3.03. The summed E-state index contributed by atoms with van der Waals surface area (Å²) in [6.45, 7) is 5.75. The number of hydrazine groups is 1. The SMILES string of the molecule is COCCn1ccnc1CN1C(C)CCCN1c1ccccc1. The second-order valence-electron chi connectivity index (χ2n) is 6.08. The van der Waals surface area contributed by atoms with E-state index in [0.717, 1.165) is 25.5 Å². The first kappa shape index (κ1) is 16.0. The number of hydrogen-bond donors (Lipinski definition) is 0. The summed E-state index contributed by atoms with van der Waals surface area (Å²) < 4.78 is 7.39. The number of benzene rings is 1. The molecule has 2 aromatic rings. The molecule has 0 bridgehead atoms. The lowest BCUT2D eigenvalue weighted by Crippen LogP contribution is -2.51. The monoisotopic (exact) mass is 314 g/mol. The zero-order chi connectivity index (χ0) is 16.1. The van der Waals surface area contributed by atoms with E-state index in [-0.39, 0.29) is 0 Å². The van der Waals surface area contributed by atoms with Crippen molar-refractivity contribution in [1.29, 1.82) is 0 Å². The van der Waals surface area contributed by atoms with Crippen molar-refractivity contribution in [2.45, 2.75) is 38.9 Å². The van der Waals surface area contributed by atoms with Gasteiger partial charge in [-0.3, -0.25) is 0 Å². The molecule has 1 saturated heterocycles. The smallest absolute Gasteiger partial charge is 0.124 e. The van der Waals surface area contributed by atoms with Gasteiger partial charge in [0.1, 0.15) is 5.82 Å². The Labute approximate surface area is 138 Å². The van der Waals surface area contributed by atoms with Gasteiger partial charge in [-0.25, -0.2) is 9.99 Å². The fourth-order valence-corrected chi connectivity index (χ4v) is 3.20. The molecule has 0 saturated carbocycles. The van der Waals surface area contributed by atoms with Crippen LogP contribution in [0.1, 0.15) is 25.6 Å². The Hall–Kier alpha value is -1.85. The third-order valence-corrected chi connectivity index (χ3v) is 4.51. The summed E-state index contributed by atoms with van der Waals surface area (Å²) in [4.78, 5) is 4.56.